The minimum atomic E-state index is -0.934. The summed E-state index contributed by atoms with van der Waals surface area (Å²) in [6.45, 7) is -0.0881. The number of nitrogens with one attached hydrogen (secondary N) is 1. The maximum absolute atomic E-state index is 13.4. The summed E-state index contributed by atoms with van der Waals surface area (Å²) < 4.78 is 26.2. The number of aromatic nitrogens is 2. The lowest BCUT2D eigenvalue weighted by molar-refractivity contribution is -0.117. The van der Waals surface area contributed by atoms with E-state index >= 15 is 0 Å². The van der Waals surface area contributed by atoms with Gasteiger partial charge in [-0.05, 0) is 42.9 Å². The van der Waals surface area contributed by atoms with Gasteiger partial charge in [0.15, 0.2) is 5.82 Å². The molecule has 0 spiro atoms. The molecule has 1 heterocycles. The second-order valence-electron chi connectivity index (χ2n) is 7.37. The van der Waals surface area contributed by atoms with Crippen LogP contribution >= 0.6 is 24.0 Å². The molecule has 2 aromatic rings. The highest BCUT2D eigenvalue weighted by Gasteiger charge is 2.40. The van der Waals surface area contributed by atoms with E-state index in [9.17, 15) is 18.4 Å². The van der Waals surface area contributed by atoms with Crippen LogP contribution in [0.1, 0.15) is 42.5 Å². The van der Waals surface area contributed by atoms with Crippen LogP contribution in [0.5, 0.6) is 0 Å². The molecule has 9 heteroatoms. The Morgan fingerprint density at radius 3 is 2.34 bits per heavy atom. The summed E-state index contributed by atoms with van der Waals surface area (Å²) >= 11 is 0. The van der Waals surface area contributed by atoms with E-state index in [4.69, 9.17) is 0 Å². The molecule has 0 bridgehead atoms. The fraction of sp³-hybridized carbons (Fsp3) is 0.400. The number of hydrogen-bond donors (Lipinski definition) is 1. The molecule has 29 heavy (non-hydrogen) atoms. The van der Waals surface area contributed by atoms with Gasteiger partial charge in [-0.15, -0.1) is 24.0 Å². The van der Waals surface area contributed by atoms with Crippen molar-refractivity contribution in [3.8, 4) is 0 Å². The van der Waals surface area contributed by atoms with E-state index in [2.05, 4.69) is 15.3 Å². The molecule has 2 aliphatic carbocycles. The van der Waals surface area contributed by atoms with Gasteiger partial charge in [0.1, 0.15) is 12.7 Å². The quantitative estimate of drug-likeness (QED) is 0.569. The molecule has 6 nitrogen and oxygen atoms in total. The van der Waals surface area contributed by atoms with Gasteiger partial charge in [0.25, 0.3) is 5.91 Å². The standard InChI is InChI=1S/C20H20F2N4O2.HI.H2/c21-16-8-23-20(24-9-16)25-18(27)11-26(10-15-7-17(15)22)19(28)14-5-3-13(4-6-14)12-1-2-12;;/h3-6,8-9,12,15,17H,1-2,7,10-11H2,(H,23,24,25,27);2*1H/t15-,17+;;/m0../s1. The van der Waals surface area contributed by atoms with Crippen LogP contribution < -0.4 is 5.32 Å². The average molecular weight is 516 g/mol. The Bertz CT molecular complexity index is 881. The van der Waals surface area contributed by atoms with Crippen molar-refractivity contribution < 1.29 is 19.8 Å². The van der Waals surface area contributed by atoms with Gasteiger partial charge < -0.3 is 4.90 Å². The Labute approximate surface area is 185 Å². The molecule has 0 aliphatic heterocycles. The van der Waals surface area contributed by atoms with Crippen molar-refractivity contribution in [2.24, 2.45) is 5.92 Å². The Balaban J connectivity index is 0.00000160. The van der Waals surface area contributed by atoms with Gasteiger partial charge in [-0.25, -0.2) is 18.7 Å². The maximum Gasteiger partial charge on any atom is 0.254 e. The number of nitrogens with zero attached hydrogens (tertiary/aromatic N) is 3. The van der Waals surface area contributed by atoms with Crippen molar-refractivity contribution >= 4 is 41.7 Å². The molecule has 2 saturated carbocycles. The van der Waals surface area contributed by atoms with Crippen LogP contribution in [0, 0.1) is 11.7 Å². The number of carbonyl (C=O) groups is 2. The molecule has 2 aliphatic rings. The number of rotatable bonds is 7. The normalized spacial score (nSPS) is 19.8. The first-order valence-electron chi connectivity index (χ1n) is 9.30. The summed E-state index contributed by atoms with van der Waals surface area (Å²) in [7, 11) is 0. The van der Waals surface area contributed by atoms with Gasteiger partial charge in [-0.2, -0.15) is 0 Å². The first-order chi connectivity index (χ1) is 13.5. The highest BCUT2D eigenvalue weighted by Crippen LogP contribution is 2.40. The molecule has 2 atom stereocenters. The number of alkyl halides is 1. The molecule has 0 radical (unpaired) electrons. The van der Waals surface area contributed by atoms with Crippen molar-refractivity contribution in [1.82, 2.24) is 14.9 Å². The molecule has 4 rings (SSSR count). The number of anilines is 1. The predicted octanol–water partition coefficient (Wildman–Crippen LogP) is 3.80. The van der Waals surface area contributed by atoms with Gasteiger partial charge in [0, 0.05) is 19.5 Å². The smallest absolute Gasteiger partial charge is 0.254 e. The van der Waals surface area contributed by atoms with E-state index in [1.165, 1.54) is 23.3 Å². The zero-order valence-electron chi connectivity index (χ0n) is 15.6. The second kappa shape index (κ2) is 9.10. The van der Waals surface area contributed by atoms with Crippen LogP contribution in [0.25, 0.3) is 0 Å². The van der Waals surface area contributed by atoms with Crippen molar-refractivity contribution in [3.05, 3.63) is 53.6 Å². The maximum atomic E-state index is 13.4. The van der Waals surface area contributed by atoms with Crippen LogP contribution in [0.3, 0.4) is 0 Å². The highest BCUT2D eigenvalue weighted by molar-refractivity contribution is 14.0. The zero-order chi connectivity index (χ0) is 19.7. The lowest BCUT2D eigenvalue weighted by Gasteiger charge is -2.22. The number of halogens is 3. The third kappa shape index (κ3) is 5.68. The molecule has 1 aromatic carbocycles. The van der Waals surface area contributed by atoms with Crippen molar-refractivity contribution in [2.45, 2.75) is 31.4 Å². The summed E-state index contributed by atoms with van der Waals surface area (Å²) in [5.41, 5.74) is 1.67. The molecule has 2 amide bonds. The van der Waals surface area contributed by atoms with Gasteiger partial charge in [-0.1, -0.05) is 12.1 Å². The summed E-state index contributed by atoms with van der Waals surface area (Å²) in [5, 5.41) is 2.43. The first-order valence-corrected chi connectivity index (χ1v) is 9.30. The number of carbonyl (C=O) groups excluding carboxylic acids is 2. The molecule has 1 N–H and O–H groups in total. The zero-order valence-corrected chi connectivity index (χ0v) is 17.9. The third-order valence-electron chi connectivity index (χ3n) is 4.99. The SMILES string of the molecule is I.O=C(CN(C[C@@H]1C[C@H]1F)C(=O)c1ccc(C2CC2)cc1)Nc1ncc(F)cn1.[HH]. The summed E-state index contributed by atoms with van der Waals surface area (Å²) in [6.07, 6.45) is 3.67. The molecular formula is C20H23F2IN4O2. The number of hydrogen-bond acceptors (Lipinski definition) is 4. The van der Waals surface area contributed by atoms with Gasteiger partial charge >= 0.3 is 0 Å². The van der Waals surface area contributed by atoms with Crippen LogP contribution in [0.15, 0.2) is 36.7 Å². The Morgan fingerprint density at radius 1 is 1.17 bits per heavy atom. The van der Waals surface area contributed by atoms with Gasteiger partial charge in [-0.3, -0.25) is 14.9 Å². The van der Waals surface area contributed by atoms with E-state index < -0.39 is 17.9 Å². The first kappa shape index (κ1) is 21.5. The molecule has 156 valence electrons. The van der Waals surface area contributed by atoms with Crippen molar-refractivity contribution in [3.63, 3.8) is 0 Å². The fourth-order valence-corrected chi connectivity index (χ4v) is 3.11. The van der Waals surface area contributed by atoms with E-state index in [-0.39, 0.29) is 56.3 Å². The van der Waals surface area contributed by atoms with Crippen LogP contribution in [0.4, 0.5) is 14.7 Å². The fourth-order valence-electron chi connectivity index (χ4n) is 3.11. The van der Waals surface area contributed by atoms with E-state index in [0.29, 0.717) is 17.9 Å². The van der Waals surface area contributed by atoms with E-state index in [1.54, 1.807) is 12.1 Å². The predicted molar refractivity (Wildman–Crippen MR) is 115 cm³/mol. The summed E-state index contributed by atoms with van der Waals surface area (Å²) in [4.78, 5) is 33.9. The molecule has 1 aromatic heterocycles. The van der Waals surface area contributed by atoms with E-state index in [1.807, 2.05) is 12.1 Å². The van der Waals surface area contributed by atoms with E-state index in [0.717, 1.165) is 12.4 Å². The van der Waals surface area contributed by atoms with Crippen LogP contribution in [0.2, 0.25) is 0 Å². The molecule has 0 unspecified atom stereocenters. The summed E-state index contributed by atoms with van der Waals surface area (Å²) in [5.74, 6) is -1.18. The average Bonchev–Trinajstić information content (AvgIpc) is 3.61. The Hall–Kier alpha value is -2.17. The van der Waals surface area contributed by atoms with Gasteiger partial charge in [0.2, 0.25) is 11.9 Å². The summed E-state index contributed by atoms with van der Waals surface area (Å²) in [6, 6.07) is 7.38. The minimum absolute atomic E-state index is 0. The van der Waals surface area contributed by atoms with Crippen molar-refractivity contribution in [1.29, 1.82) is 0 Å². The van der Waals surface area contributed by atoms with Crippen LogP contribution in [-0.4, -0.2) is 45.9 Å². The van der Waals surface area contributed by atoms with Gasteiger partial charge in [0.05, 0.1) is 12.4 Å². The Morgan fingerprint density at radius 2 is 1.79 bits per heavy atom. The lowest BCUT2D eigenvalue weighted by Crippen LogP contribution is -2.39. The van der Waals surface area contributed by atoms with Crippen molar-refractivity contribution in [2.75, 3.05) is 18.4 Å². The Kier molecular flexibility index (Phi) is 6.76. The molecule has 0 saturated heterocycles. The molecular weight excluding hydrogens is 493 g/mol. The molecule has 2 fully saturated rings. The second-order valence-corrected chi connectivity index (χ2v) is 7.37. The number of benzene rings is 1. The minimum Gasteiger partial charge on any atom is -0.329 e. The monoisotopic (exact) mass is 516 g/mol. The topological polar surface area (TPSA) is 75.2 Å². The number of amides is 2. The third-order valence-corrected chi connectivity index (χ3v) is 4.99. The van der Waals surface area contributed by atoms with Crippen LogP contribution in [-0.2, 0) is 4.79 Å². The highest BCUT2D eigenvalue weighted by atomic mass is 127. The largest absolute Gasteiger partial charge is 0.329 e. The lowest BCUT2D eigenvalue weighted by atomic mass is 10.1.